The first-order chi connectivity index (χ1) is 7.72. The summed E-state index contributed by atoms with van der Waals surface area (Å²) in [5.74, 6) is 3.70. The highest BCUT2D eigenvalue weighted by molar-refractivity contribution is 7.99. The maximum Gasteiger partial charge on any atom is 0.0255 e. The van der Waals surface area contributed by atoms with Gasteiger partial charge in [-0.3, -0.25) is 0 Å². The van der Waals surface area contributed by atoms with Crippen LogP contribution in [-0.4, -0.2) is 24.1 Å². The Morgan fingerprint density at radius 1 is 1.38 bits per heavy atom. The molecule has 1 N–H and O–H groups in total. The molecule has 1 aliphatic rings. The summed E-state index contributed by atoms with van der Waals surface area (Å²) in [5, 5.41) is 3.66. The summed E-state index contributed by atoms with van der Waals surface area (Å²) in [4.78, 5) is 0. The maximum absolute atomic E-state index is 3.66. The van der Waals surface area contributed by atoms with Crippen LogP contribution in [0.4, 0.5) is 0 Å². The smallest absolute Gasteiger partial charge is 0.0255 e. The van der Waals surface area contributed by atoms with Crippen molar-refractivity contribution >= 4 is 11.8 Å². The summed E-state index contributed by atoms with van der Waals surface area (Å²) in [6.45, 7) is 7.80. The first-order valence-corrected chi connectivity index (χ1v) is 7.84. The zero-order chi connectivity index (χ0) is 11.8. The lowest BCUT2D eigenvalue weighted by Crippen LogP contribution is -2.31. The minimum Gasteiger partial charge on any atom is -0.311 e. The number of rotatable bonds is 6. The van der Waals surface area contributed by atoms with Gasteiger partial charge in [0.1, 0.15) is 0 Å². The second kappa shape index (κ2) is 8.19. The molecule has 1 atom stereocenters. The molecule has 1 rings (SSSR count). The lowest BCUT2D eigenvalue weighted by atomic mass is 9.93. The minimum absolute atomic E-state index is 0.609. The topological polar surface area (TPSA) is 12.0 Å². The predicted octanol–water partition coefficient (Wildman–Crippen LogP) is 3.85. The second-order valence-corrected chi connectivity index (χ2v) is 6.32. The number of thioether (sulfide) groups is 1. The highest BCUT2D eigenvalue weighted by atomic mass is 32.2. The molecule has 0 aliphatic carbocycles. The van der Waals surface area contributed by atoms with E-state index in [4.69, 9.17) is 0 Å². The zero-order valence-electron chi connectivity index (χ0n) is 11.1. The first-order valence-electron chi connectivity index (χ1n) is 6.68. The van der Waals surface area contributed by atoms with Crippen LogP contribution in [0, 0.1) is 5.92 Å². The van der Waals surface area contributed by atoms with Gasteiger partial charge in [0.25, 0.3) is 0 Å². The summed E-state index contributed by atoms with van der Waals surface area (Å²) in [5.41, 5.74) is 1.44. The van der Waals surface area contributed by atoms with Gasteiger partial charge in [0, 0.05) is 6.04 Å². The van der Waals surface area contributed by atoms with E-state index in [-0.39, 0.29) is 0 Å². The van der Waals surface area contributed by atoms with Crippen LogP contribution in [0.3, 0.4) is 0 Å². The predicted molar refractivity (Wildman–Crippen MR) is 76.2 cm³/mol. The standard InChI is InChI=1S/C14H27NS/c1-4-7-15-14(10-12(2)3)11-13-5-8-16-9-6-13/h10,13-15H,4-9,11H2,1-3H3. The van der Waals surface area contributed by atoms with E-state index in [9.17, 15) is 0 Å². The van der Waals surface area contributed by atoms with Crippen LogP contribution in [0.25, 0.3) is 0 Å². The van der Waals surface area contributed by atoms with Crippen molar-refractivity contribution in [2.45, 2.75) is 52.5 Å². The summed E-state index contributed by atoms with van der Waals surface area (Å²) in [6.07, 6.45) is 7.83. The fourth-order valence-corrected chi connectivity index (χ4v) is 3.49. The molecule has 2 heteroatoms. The normalized spacial score (nSPS) is 19.4. The molecule has 1 heterocycles. The van der Waals surface area contributed by atoms with Crippen LogP contribution in [0.1, 0.15) is 46.5 Å². The number of hydrogen-bond donors (Lipinski definition) is 1. The lowest BCUT2D eigenvalue weighted by Gasteiger charge is -2.25. The maximum atomic E-state index is 3.66. The fourth-order valence-electron chi connectivity index (χ4n) is 2.28. The van der Waals surface area contributed by atoms with Gasteiger partial charge in [-0.2, -0.15) is 11.8 Å². The van der Waals surface area contributed by atoms with Crippen molar-refractivity contribution in [1.29, 1.82) is 0 Å². The fraction of sp³-hybridized carbons (Fsp3) is 0.857. The number of hydrogen-bond acceptors (Lipinski definition) is 2. The van der Waals surface area contributed by atoms with Gasteiger partial charge >= 0.3 is 0 Å². The summed E-state index contributed by atoms with van der Waals surface area (Å²) in [7, 11) is 0. The molecule has 0 aromatic carbocycles. The van der Waals surface area contributed by atoms with E-state index in [0.29, 0.717) is 6.04 Å². The van der Waals surface area contributed by atoms with Gasteiger partial charge < -0.3 is 5.32 Å². The Morgan fingerprint density at radius 3 is 2.62 bits per heavy atom. The minimum atomic E-state index is 0.609. The third kappa shape index (κ3) is 5.95. The van der Waals surface area contributed by atoms with Gasteiger partial charge in [-0.25, -0.2) is 0 Å². The third-order valence-electron chi connectivity index (χ3n) is 3.12. The van der Waals surface area contributed by atoms with E-state index < -0.39 is 0 Å². The van der Waals surface area contributed by atoms with Crippen LogP contribution < -0.4 is 5.32 Å². The largest absolute Gasteiger partial charge is 0.311 e. The molecule has 0 aromatic heterocycles. The van der Waals surface area contributed by atoms with Crippen molar-refractivity contribution in [3.05, 3.63) is 11.6 Å². The van der Waals surface area contributed by atoms with Gasteiger partial charge in [0.15, 0.2) is 0 Å². The zero-order valence-corrected chi connectivity index (χ0v) is 11.9. The van der Waals surface area contributed by atoms with Crippen LogP contribution >= 0.6 is 11.8 Å². The van der Waals surface area contributed by atoms with Crippen LogP contribution in [0.5, 0.6) is 0 Å². The second-order valence-electron chi connectivity index (χ2n) is 5.10. The van der Waals surface area contributed by atoms with Gasteiger partial charge in [-0.15, -0.1) is 0 Å². The molecule has 0 saturated carbocycles. The molecule has 16 heavy (non-hydrogen) atoms. The lowest BCUT2D eigenvalue weighted by molar-refractivity contribution is 0.398. The number of allylic oxidation sites excluding steroid dienone is 1. The van der Waals surface area contributed by atoms with E-state index >= 15 is 0 Å². The molecule has 0 spiro atoms. The average molecular weight is 241 g/mol. The highest BCUT2D eigenvalue weighted by Gasteiger charge is 2.17. The summed E-state index contributed by atoms with van der Waals surface area (Å²) < 4.78 is 0. The average Bonchev–Trinajstić information content (AvgIpc) is 2.26. The Morgan fingerprint density at radius 2 is 2.06 bits per heavy atom. The Labute approximate surface area is 105 Å². The molecule has 0 radical (unpaired) electrons. The molecule has 94 valence electrons. The van der Waals surface area contributed by atoms with Gasteiger partial charge in [-0.05, 0) is 63.5 Å². The quantitative estimate of drug-likeness (QED) is 0.709. The van der Waals surface area contributed by atoms with E-state index in [1.807, 2.05) is 0 Å². The van der Waals surface area contributed by atoms with Crippen molar-refractivity contribution in [1.82, 2.24) is 5.32 Å². The number of nitrogens with one attached hydrogen (secondary N) is 1. The molecule has 0 aromatic rings. The van der Waals surface area contributed by atoms with E-state index in [0.717, 1.165) is 12.5 Å². The van der Waals surface area contributed by atoms with E-state index in [2.05, 4.69) is 43.9 Å². The van der Waals surface area contributed by atoms with Gasteiger partial charge in [-0.1, -0.05) is 18.6 Å². The third-order valence-corrected chi connectivity index (χ3v) is 4.17. The van der Waals surface area contributed by atoms with Crippen LogP contribution in [-0.2, 0) is 0 Å². The molecule has 0 amide bonds. The molecule has 1 aliphatic heterocycles. The van der Waals surface area contributed by atoms with Crippen molar-refractivity contribution in [3.63, 3.8) is 0 Å². The molecule has 0 bridgehead atoms. The van der Waals surface area contributed by atoms with Gasteiger partial charge in [0.05, 0.1) is 0 Å². The molecule has 1 nitrogen and oxygen atoms in total. The van der Waals surface area contributed by atoms with E-state index in [1.165, 1.54) is 42.8 Å². The Hall–Kier alpha value is 0.0500. The van der Waals surface area contributed by atoms with Crippen molar-refractivity contribution in [2.24, 2.45) is 5.92 Å². The highest BCUT2D eigenvalue weighted by Crippen LogP contribution is 2.26. The van der Waals surface area contributed by atoms with E-state index in [1.54, 1.807) is 0 Å². The summed E-state index contributed by atoms with van der Waals surface area (Å²) in [6, 6.07) is 0.609. The van der Waals surface area contributed by atoms with Crippen molar-refractivity contribution < 1.29 is 0 Å². The van der Waals surface area contributed by atoms with Gasteiger partial charge in [0.2, 0.25) is 0 Å². The molecule has 1 unspecified atom stereocenters. The van der Waals surface area contributed by atoms with Crippen molar-refractivity contribution in [2.75, 3.05) is 18.1 Å². The summed E-state index contributed by atoms with van der Waals surface area (Å²) >= 11 is 2.12. The Bertz CT molecular complexity index is 203. The SMILES string of the molecule is CCCNC(C=C(C)C)CC1CCSCC1. The van der Waals surface area contributed by atoms with Crippen LogP contribution in [0.2, 0.25) is 0 Å². The molecular formula is C14H27NS. The van der Waals surface area contributed by atoms with Crippen LogP contribution in [0.15, 0.2) is 11.6 Å². The molecular weight excluding hydrogens is 214 g/mol. The molecule has 1 fully saturated rings. The Balaban J connectivity index is 2.38. The molecule has 1 saturated heterocycles. The first kappa shape index (κ1) is 14.1. The Kier molecular flexibility index (Phi) is 7.22. The monoisotopic (exact) mass is 241 g/mol. The van der Waals surface area contributed by atoms with Crippen molar-refractivity contribution in [3.8, 4) is 0 Å².